The van der Waals surface area contributed by atoms with E-state index in [2.05, 4.69) is 5.10 Å². The number of hydrogen-bond acceptors (Lipinski definition) is 5. The predicted molar refractivity (Wildman–Crippen MR) is 113 cm³/mol. The first-order chi connectivity index (χ1) is 15.2. The Kier molecular flexibility index (Phi) is 5.89. The molecule has 0 atom stereocenters. The lowest BCUT2D eigenvalue weighted by Gasteiger charge is -2.28. The fourth-order valence-electron chi connectivity index (χ4n) is 4.35. The van der Waals surface area contributed by atoms with Crippen molar-refractivity contribution in [2.75, 3.05) is 25.2 Å². The van der Waals surface area contributed by atoms with Gasteiger partial charge in [0.2, 0.25) is 5.91 Å². The lowest BCUT2D eigenvalue weighted by Crippen LogP contribution is -2.32. The lowest BCUT2D eigenvalue weighted by atomic mass is 9.87. The van der Waals surface area contributed by atoms with E-state index in [0.29, 0.717) is 22.9 Å². The van der Waals surface area contributed by atoms with Crippen molar-refractivity contribution in [1.82, 2.24) is 9.78 Å². The van der Waals surface area contributed by atoms with Crippen molar-refractivity contribution < 1.29 is 27.8 Å². The minimum absolute atomic E-state index is 0.101. The van der Waals surface area contributed by atoms with Crippen molar-refractivity contribution >= 4 is 22.5 Å². The van der Waals surface area contributed by atoms with Crippen molar-refractivity contribution in [2.24, 2.45) is 11.7 Å². The third-order valence-corrected chi connectivity index (χ3v) is 6.19. The maximum absolute atomic E-state index is 13.4. The fraction of sp³-hybridized carbons (Fsp3) is 0.455. The summed E-state index contributed by atoms with van der Waals surface area (Å²) >= 11 is 0. The Balaban J connectivity index is 1.70. The van der Waals surface area contributed by atoms with Gasteiger partial charge in [-0.3, -0.25) is 9.48 Å². The molecule has 0 unspecified atom stereocenters. The van der Waals surface area contributed by atoms with Crippen LogP contribution in [0.2, 0.25) is 0 Å². The Morgan fingerprint density at radius 2 is 2.00 bits per heavy atom. The third kappa shape index (κ3) is 4.32. The quantitative estimate of drug-likeness (QED) is 0.728. The Morgan fingerprint density at radius 1 is 1.28 bits per heavy atom. The number of carbonyl (C=O) groups excluding carboxylic acids is 1. The third-order valence-electron chi connectivity index (χ3n) is 6.19. The highest BCUT2D eigenvalue weighted by molar-refractivity contribution is 5.95. The standard InChI is InChI=1S/C22H25F3N4O3/c1-32-20-8-18-14(10-29(27-18)17-4-2-13(12-30)3-5-17)7-19(20)28-9-15(21(26)31)6-16(11-28)22(23,24)25/h6-8,10-11,13,17,30H,2-5,9,12H2,1H3,(H2,26,31). The summed E-state index contributed by atoms with van der Waals surface area (Å²) < 4.78 is 47.6. The predicted octanol–water partition coefficient (Wildman–Crippen LogP) is 3.45. The van der Waals surface area contributed by atoms with Crippen LogP contribution in [0.4, 0.5) is 18.9 Å². The number of alkyl halides is 3. The van der Waals surface area contributed by atoms with Crippen LogP contribution in [0.5, 0.6) is 5.75 Å². The van der Waals surface area contributed by atoms with Crippen molar-refractivity contribution in [3.8, 4) is 5.75 Å². The summed E-state index contributed by atoms with van der Waals surface area (Å²) in [6.07, 6.45) is 2.64. The molecule has 1 aliphatic carbocycles. The van der Waals surface area contributed by atoms with Crippen LogP contribution >= 0.6 is 0 Å². The molecule has 1 saturated carbocycles. The Morgan fingerprint density at radius 3 is 2.59 bits per heavy atom. The van der Waals surface area contributed by atoms with Gasteiger partial charge in [0.05, 0.1) is 36.5 Å². The zero-order chi connectivity index (χ0) is 23.0. The van der Waals surface area contributed by atoms with Gasteiger partial charge in [-0.05, 0) is 43.7 Å². The Bertz CT molecular complexity index is 1080. The number of ether oxygens (including phenoxy) is 1. The van der Waals surface area contributed by atoms with E-state index in [9.17, 15) is 23.1 Å². The molecular formula is C22H25F3N4O3. The molecule has 0 saturated heterocycles. The number of halogens is 3. The average Bonchev–Trinajstić information content (AvgIpc) is 3.20. The molecule has 10 heteroatoms. The van der Waals surface area contributed by atoms with E-state index in [0.717, 1.165) is 43.3 Å². The normalized spacial score (nSPS) is 22.0. The number of amides is 1. The zero-order valence-electron chi connectivity index (χ0n) is 17.6. The molecular weight excluding hydrogens is 425 g/mol. The topological polar surface area (TPSA) is 93.6 Å². The summed E-state index contributed by atoms with van der Waals surface area (Å²) in [5, 5.41) is 14.8. The molecule has 172 valence electrons. The summed E-state index contributed by atoms with van der Waals surface area (Å²) in [4.78, 5) is 13.0. The Labute approximate surface area is 182 Å². The van der Waals surface area contributed by atoms with E-state index in [1.165, 1.54) is 12.0 Å². The Hall–Kier alpha value is -3.01. The molecule has 3 N–H and O–H groups in total. The molecule has 2 heterocycles. The second-order valence-corrected chi connectivity index (χ2v) is 8.29. The van der Waals surface area contributed by atoms with Crippen molar-refractivity contribution in [1.29, 1.82) is 0 Å². The number of fused-ring (bicyclic) bond motifs is 1. The summed E-state index contributed by atoms with van der Waals surface area (Å²) in [5.41, 5.74) is 5.24. The number of rotatable bonds is 5. The van der Waals surface area contributed by atoms with E-state index >= 15 is 0 Å². The number of carbonyl (C=O) groups is 1. The highest BCUT2D eigenvalue weighted by atomic mass is 19.4. The molecule has 2 aromatic rings. The largest absolute Gasteiger partial charge is 0.494 e. The number of aliphatic hydroxyl groups is 1. The van der Waals surface area contributed by atoms with Crippen LogP contribution in [0.1, 0.15) is 31.7 Å². The molecule has 0 radical (unpaired) electrons. The monoisotopic (exact) mass is 450 g/mol. The molecule has 1 fully saturated rings. The summed E-state index contributed by atoms with van der Waals surface area (Å²) in [7, 11) is 1.43. The second kappa shape index (κ2) is 8.50. The van der Waals surface area contributed by atoms with Crippen LogP contribution in [0.25, 0.3) is 10.9 Å². The number of aromatic nitrogens is 2. The van der Waals surface area contributed by atoms with E-state index in [1.807, 2.05) is 10.9 Å². The van der Waals surface area contributed by atoms with Crippen molar-refractivity contribution in [3.63, 3.8) is 0 Å². The van der Waals surface area contributed by atoms with Gasteiger partial charge in [-0.25, -0.2) is 0 Å². The van der Waals surface area contributed by atoms with Crippen LogP contribution in [-0.2, 0) is 4.79 Å². The van der Waals surface area contributed by atoms with Gasteiger partial charge in [-0.15, -0.1) is 0 Å². The zero-order valence-corrected chi connectivity index (χ0v) is 17.6. The second-order valence-electron chi connectivity index (χ2n) is 8.29. The summed E-state index contributed by atoms with van der Waals surface area (Å²) in [6.45, 7) is 0.0927. The van der Waals surface area contributed by atoms with Crippen LogP contribution in [0.15, 0.2) is 41.8 Å². The number of primary amides is 1. The van der Waals surface area contributed by atoms with E-state index in [1.54, 1.807) is 12.1 Å². The number of hydrogen-bond donors (Lipinski definition) is 2. The molecule has 1 amide bonds. The number of benzene rings is 1. The van der Waals surface area contributed by atoms with Gasteiger partial charge in [0.1, 0.15) is 5.75 Å². The SMILES string of the molecule is COc1cc2nn(C3CCC(CO)CC3)cc2cc1N1C=C(C(F)(F)F)C=C(C(N)=O)C1. The van der Waals surface area contributed by atoms with Gasteiger partial charge in [0.25, 0.3) is 0 Å². The number of anilines is 1. The van der Waals surface area contributed by atoms with Gasteiger partial charge < -0.3 is 20.5 Å². The van der Waals surface area contributed by atoms with Crippen LogP contribution in [0.3, 0.4) is 0 Å². The molecule has 0 bridgehead atoms. The number of nitrogens with two attached hydrogens (primary N) is 1. The number of methoxy groups -OCH3 is 1. The molecule has 1 aromatic carbocycles. The molecule has 32 heavy (non-hydrogen) atoms. The lowest BCUT2D eigenvalue weighted by molar-refractivity contribution is -0.114. The van der Waals surface area contributed by atoms with Crippen LogP contribution in [-0.4, -0.2) is 47.2 Å². The minimum Gasteiger partial charge on any atom is -0.494 e. The van der Waals surface area contributed by atoms with E-state index in [4.69, 9.17) is 10.5 Å². The highest BCUT2D eigenvalue weighted by Gasteiger charge is 2.36. The van der Waals surface area contributed by atoms with Gasteiger partial charge in [0.15, 0.2) is 0 Å². The maximum Gasteiger partial charge on any atom is 0.417 e. The molecule has 0 spiro atoms. The maximum atomic E-state index is 13.4. The first-order valence-electron chi connectivity index (χ1n) is 10.4. The van der Waals surface area contributed by atoms with Gasteiger partial charge in [-0.2, -0.15) is 18.3 Å². The molecule has 1 aliphatic heterocycles. The van der Waals surface area contributed by atoms with Gasteiger partial charge in [0, 0.05) is 36.0 Å². The molecule has 4 rings (SSSR count). The first-order valence-corrected chi connectivity index (χ1v) is 10.4. The number of aliphatic hydroxyl groups excluding tert-OH is 1. The number of nitrogens with zero attached hydrogens (tertiary/aromatic N) is 3. The van der Waals surface area contributed by atoms with Gasteiger partial charge >= 0.3 is 6.18 Å². The van der Waals surface area contributed by atoms with E-state index < -0.39 is 17.7 Å². The summed E-state index contributed by atoms with van der Waals surface area (Å²) in [5.74, 6) is -0.240. The average molecular weight is 450 g/mol. The van der Waals surface area contributed by atoms with Crippen LogP contribution < -0.4 is 15.4 Å². The summed E-state index contributed by atoms with van der Waals surface area (Å²) in [6, 6.07) is 3.60. The van der Waals surface area contributed by atoms with Crippen LogP contribution in [0, 0.1) is 5.92 Å². The highest BCUT2D eigenvalue weighted by Crippen LogP contribution is 2.39. The van der Waals surface area contributed by atoms with Crippen molar-refractivity contribution in [3.05, 3.63) is 41.8 Å². The first kappa shape index (κ1) is 22.2. The molecule has 1 aromatic heterocycles. The van der Waals surface area contributed by atoms with Gasteiger partial charge in [-0.1, -0.05) is 0 Å². The van der Waals surface area contributed by atoms with Crippen molar-refractivity contribution in [2.45, 2.75) is 37.9 Å². The molecule has 7 nitrogen and oxygen atoms in total. The minimum atomic E-state index is -4.63. The number of allylic oxidation sites excluding steroid dienone is 2. The molecule has 2 aliphatic rings. The fourth-order valence-corrected chi connectivity index (χ4v) is 4.35. The smallest absolute Gasteiger partial charge is 0.417 e. The van der Waals surface area contributed by atoms with E-state index in [-0.39, 0.29) is 24.8 Å².